The van der Waals surface area contributed by atoms with Gasteiger partial charge in [-0.05, 0) is 18.6 Å². The molecule has 1 aromatic carbocycles. The highest BCUT2D eigenvalue weighted by molar-refractivity contribution is 7.99. The minimum atomic E-state index is -0.0844. The summed E-state index contributed by atoms with van der Waals surface area (Å²) < 4.78 is 0. The van der Waals surface area contributed by atoms with Gasteiger partial charge in [0.25, 0.3) is 0 Å². The molecule has 0 aliphatic carbocycles. The minimum absolute atomic E-state index is 0.0844. The Morgan fingerprint density at radius 3 is 2.84 bits per heavy atom. The van der Waals surface area contributed by atoms with Crippen molar-refractivity contribution in [2.75, 3.05) is 36.5 Å². The first kappa shape index (κ1) is 18.5. The van der Waals surface area contributed by atoms with E-state index in [4.69, 9.17) is 11.0 Å². The second kappa shape index (κ2) is 9.49. The van der Waals surface area contributed by atoms with Crippen molar-refractivity contribution in [1.29, 1.82) is 5.26 Å². The van der Waals surface area contributed by atoms with Gasteiger partial charge in [-0.3, -0.25) is 4.79 Å². The quantitative estimate of drug-likeness (QED) is 0.421. The summed E-state index contributed by atoms with van der Waals surface area (Å²) in [6.45, 7) is 1.46. The molecule has 0 aliphatic heterocycles. The lowest BCUT2D eigenvalue weighted by molar-refractivity contribution is -0.118. The van der Waals surface area contributed by atoms with Gasteiger partial charge in [-0.25, -0.2) is 9.97 Å². The zero-order chi connectivity index (χ0) is 18.1. The molecular formula is C17H20N6OS. The molecule has 2 rings (SSSR count). The first-order chi connectivity index (χ1) is 12.1. The van der Waals surface area contributed by atoms with Gasteiger partial charge in [-0.1, -0.05) is 30.0 Å². The molecule has 1 amide bonds. The monoisotopic (exact) mass is 356 g/mol. The first-order valence-corrected chi connectivity index (χ1v) is 8.77. The number of hydrogen-bond donors (Lipinski definition) is 2. The number of carbonyl (C=O) groups excluding carboxylic acids is 1. The van der Waals surface area contributed by atoms with Crippen LogP contribution in [-0.4, -0.2) is 41.8 Å². The molecule has 0 atom stereocenters. The third-order valence-corrected chi connectivity index (χ3v) is 4.30. The third-order valence-electron chi connectivity index (χ3n) is 3.44. The molecule has 1 heterocycles. The van der Waals surface area contributed by atoms with Crippen molar-refractivity contribution < 1.29 is 4.79 Å². The van der Waals surface area contributed by atoms with Crippen LogP contribution in [-0.2, 0) is 4.79 Å². The summed E-state index contributed by atoms with van der Waals surface area (Å²) in [5.74, 6) is 0.253. The lowest BCUT2D eigenvalue weighted by Gasteiger charge is -2.19. The zero-order valence-electron chi connectivity index (χ0n) is 14.0. The third kappa shape index (κ3) is 5.97. The Labute approximate surface area is 151 Å². The van der Waals surface area contributed by atoms with Gasteiger partial charge < -0.3 is 16.0 Å². The van der Waals surface area contributed by atoms with Crippen LogP contribution in [0.1, 0.15) is 12.0 Å². The van der Waals surface area contributed by atoms with E-state index in [-0.39, 0.29) is 23.0 Å². The van der Waals surface area contributed by atoms with Crippen LogP contribution >= 0.6 is 11.8 Å². The van der Waals surface area contributed by atoms with Crippen LogP contribution in [0, 0.1) is 11.3 Å². The van der Waals surface area contributed by atoms with E-state index in [1.807, 2.05) is 31.3 Å². The maximum atomic E-state index is 11.9. The predicted octanol–water partition coefficient (Wildman–Crippen LogP) is 1.67. The van der Waals surface area contributed by atoms with E-state index in [1.54, 1.807) is 0 Å². The summed E-state index contributed by atoms with van der Waals surface area (Å²) in [7, 11) is 2.03. The van der Waals surface area contributed by atoms with E-state index in [0.717, 1.165) is 18.7 Å². The number of nitriles is 1. The topological polar surface area (TPSA) is 108 Å². The molecule has 8 heteroatoms. The number of aromatic nitrogens is 2. The van der Waals surface area contributed by atoms with E-state index >= 15 is 0 Å². The van der Waals surface area contributed by atoms with E-state index in [2.05, 4.69) is 32.3 Å². The van der Waals surface area contributed by atoms with Crippen molar-refractivity contribution in [1.82, 2.24) is 15.3 Å². The smallest absolute Gasteiger partial charge is 0.230 e. The van der Waals surface area contributed by atoms with Gasteiger partial charge in [0, 0.05) is 25.8 Å². The number of anilines is 2. The highest BCUT2D eigenvalue weighted by atomic mass is 32.2. The van der Waals surface area contributed by atoms with Gasteiger partial charge in [-0.15, -0.1) is 0 Å². The molecule has 0 unspecified atom stereocenters. The van der Waals surface area contributed by atoms with Gasteiger partial charge in [0.1, 0.15) is 17.5 Å². The Kier molecular flexibility index (Phi) is 7.04. The standard InChI is InChI=1S/C17H20N6OS/c1-23(14-6-3-2-4-7-14)9-5-8-20-15(24)12-25-17-21-11-13(10-18)16(19)22-17/h2-4,6-7,11H,5,8-9,12H2,1H3,(H,20,24)(H2,19,21,22). The highest BCUT2D eigenvalue weighted by Crippen LogP contribution is 2.15. The molecule has 3 N–H and O–H groups in total. The molecule has 0 radical (unpaired) electrons. The number of nitrogens with zero attached hydrogens (tertiary/aromatic N) is 4. The van der Waals surface area contributed by atoms with E-state index < -0.39 is 0 Å². The van der Waals surface area contributed by atoms with Gasteiger partial charge >= 0.3 is 0 Å². The van der Waals surface area contributed by atoms with Crippen molar-refractivity contribution in [2.24, 2.45) is 0 Å². The summed E-state index contributed by atoms with van der Waals surface area (Å²) in [6, 6.07) is 12.0. The molecule has 0 bridgehead atoms. The number of benzene rings is 1. The van der Waals surface area contributed by atoms with Crippen LogP contribution in [0.15, 0.2) is 41.7 Å². The molecule has 0 saturated carbocycles. The largest absolute Gasteiger partial charge is 0.382 e. The van der Waals surface area contributed by atoms with Crippen molar-refractivity contribution >= 4 is 29.2 Å². The zero-order valence-corrected chi connectivity index (χ0v) is 14.8. The molecule has 2 aromatic rings. The van der Waals surface area contributed by atoms with Crippen LogP contribution < -0.4 is 16.0 Å². The van der Waals surface area contributed by atoms with Gasteiger partial charge in [0.05, 0.1) is 11.9 Å². The Morgan fingerprint density at radius 1 is 1.40 bits per heavy atom. The number of para-hydroxylation sites is 1. The maximum Gasteiger partial charge on any atom is 0.230 e. The normalized spacial score (nSPS) is 10.1. The molecular weight excluding hydrogens is 336 g/mol. The fourth-order valence-corrected chi connectivity index (χ4v) is 2.72. The fourth-order valence-electron chi connectivity index (χ4n) is 2.07. The second-order valence-electron chi connectivity index (χ2n) is 5.31. The van der Waals surface area contributed by atoms with Crippen LogP contribution in [0.4, 0.5) is 11.5 Å². The summed E-state index contributed by atoms with van der Waals surface area (Å²) in [4.78, 5) is 22.0. The van der Waals surface area contributed by atoms with Crippen LogP contribution in [0.2, 0.25) is 0 Å². The Bertz CT molecular complexity index is 747. The number of rotatable bonds is 8. The second-order valence-corrected chi connectivity index (χ2v) is 6.26. The van der Waals surface area contributed by atoms with Crippen LogP contribution in [0.3, 0.4) is 0 Å². The first-order valence-electron chi connectivity index (χ1n) is 7.78. The van der Waals surface area contributed by atoms with Gasteiger partial charge in [-0.2, -0.15) is 5.26 Å². The molecule has 0 spiro atoms. The molecule has 7 nitrogen and oxygen atoms in total. The van der Waals surface area contributed by atoms with E-state index in [1.165, 1.54) is 18.0 Å². The lowest BCUT2D eigenvalue weighted by atomic mass is 10.3. The summed E-state index contributed by atoms with van der Waals surface area (Å²) in [5, 5.41) is 12.0. The number of nitrogens with two attached hydrogens (primary N) is 1. The molecule has 130 valence electrons. The summed E-state index contributed by atoms with van der Waals surface area (Å²) in [6.07, 6.45) is 2.21. The van der Waals surface area contributed by atoms with Gasteiger partial charge in [0.2, 0.25) is 5.91 Å². The Hall–Kier alpha value is -2.79. The number of thioether (sulfide) groups is 1. The van der Waals surface area contributed by atoms with Crippen LogP contribution in [0.5, 0.6) is 0 Å². The summed E-state index contributed by atoms with van der Waals surface area (Å²) >= 11 is 1.19. The number of hydrogen-bond acceptors (Lipinski definition) is 7. The van der Waals surface area contributed by atoms with Gasteiger partial charge in [0.15, 0.2) is 5.16 Å². The maximum absolute atomic E-state index is 11.9. The highest BCUT2D eigenvalue weighted by Gasteiger charge is 2.07. The van der Waals surface area contributed by atoms with Crippen LogP contribution in [0.25, 0.3) is 0 Å². The fraction of sp³-hybridized carbons (Fsp3) is 0.294. The molecule has 0 saturated heterocycles. The predicted molar refractivity (Wildman–Crippen MR) is 99.2 cm³/mol. The Morgan fingerprint density at radius 2 is 2.16 bits per heavy atom. The average Bonchev–Trinajstić information content (AvgIpc) is 2.64. The lowest BCUT2D eigenvalue weighted by Crippen LogP contribution is -2.29. The molecule has 1 aromatic heterocycles. The summed E-state index contributed by atoms with van der Waals surface area (Å²) in [5.41, 5.74) is 7.01. The number of nitrogen functional groups attached to an aromatic ring is 1. The molecule has 0 fully saturated rings. The number of amides is 1. The van der Waals surface area contributed by atoms with Crippen molar-refractivity contribution in [3.05, 3.63) is 42.1 Å². The van der Waals surface area contributed by atoms with E-state index in [0.29, 0.717) is 11.7 Å². The SMILES string of the molecule is CN(CCCNC(=O)CSc1ncc(C#N)c(N)n1)c1ccccc1. The van der Waals surface area contributed by atoms with Crippen molar-refractivity contribution in [3.63, 3.8) is 0 Å². The van der Waals surface area contributed by atoms with E-state index in [9.17, 15) is 4.79 Å². The Balaban J connectivity index is 1.66. The molecule has 25 heavy (non-hydrogen) atoms. The minimum Gasteiger partial charge on any atom is -0.382 e. The molecule has 0 aliphatic rings. The van der Waals surface area contributed by atoms with Crippen molar-refractivity contribution in [3.8, 4) is 6.07 Å². The number of carbonyl (C=O) groups is 1. The average molecular weight is 356 g/mol. The van der Waals surface area contributed by atoms with Crippen molar-refractivity contribution in [2.45, 2.75) is 11.6 Å². The number of nitrogens with one attached hydrogen (secondary N) is 1.